The van der Waals surface area contributed by atoms with Crippen LogP contribution in [0.5, 0.6) is 0 Å². The van der Waals surface area contributed by atoms with E-state index in [-0.39, 0.29) is 5.91 Å². The number of aromatic nitrogens is 3. The van der Waals surface area contributed by atoms with E-state index in [0.717, 1.165) is 24.4 Å². The first-order valence-corrected chi connectivity index (χ1v) is 6.68. The first kappa shape index (κ1) is 14.2. The van der Waals surface area contributed by atoms with Gasteiger partial charge in [-0.3, -0.25) is 4.79 Å². The largest absolute Gasteiger partial charge is 0.345 e. The van der Waals surface area contributed by atoms with Crippen LogP contribution in [0.3, 0.4) is 0 Å². The highest BCUT2D eigenvalue weighted by Gasteiger charge is 2.08. The van der Waals surface area contributed by atoms with Gasteiger partial charge in [-0.05, 0) is 37.6 Å². The van der Waals surface area contributed by atoms with Crippen LogP contribution in [0.15, 0.2) is 30.6 Å². The lowest BCUT2D eigenvalue weighted by molar-refractivity contribution is 0.0949. The minimum atomic E-state index is -0.116. The van der Waals surface area contributed by atoms with Crippen molar-refractivity contribution in [2.24, 2.45) is 5.73 Å². The van der Waals surface area contributed by atoms with Crippen LogP contribution in [0.1, 0.15) is 28.7 Å². The Balaban J connectivity index is 1.94. The fourth-order valence-electron chi connectivity index (χ4n) is 1.93. The zero-order valence-corrected chi connectivity index (χ0v) is 11.5. The summed E-state index contributed by atoms with van der Waals surface area (Å²) < 4.78 is 1.89. The summed E-state index contributed by atoms with van der Waals surface area (Å²) in [5.74, 6) is 0.635. The number of nitrogens with two attached hydrogens (primary N) is 1. The molecule has 6 heteroatoms. The molecule has 0 spiro atoms. The number of hydrogen-bond donors (Lipinski definition) is 2. The Morgan fingerprint density at radius 2 is 2.10 bits per heavy atom. The highest BCUT2D eigenvalue weighted by atomic mass is 16.1. The molecule has 0 aliphatic heterocycles. The van der Waals surface area contributed by atoms with Gasteiger partial charge in [-0.2, -0.15) is 0 Å². The van der Waals surface area contributed by atoms with E-state index in [1.54, 1.807) is 6.33 Å². The molecule has 0 saturated carbocycles. The van der Waals surface area contributed by atoms with Gasteiger partial charge in [0.2, 0.25) is 0 Å². The molecule has 0 saturated heterocycles. The Morgan fingerprint density at radius 3 is 2.75 bits per heavy atom. The molecule has 1 amide bonds. The molecule has 106 valence electrons. The van der Waals surface area contributed by atoms with E-state index in [2.05, 4.69) is 15.5 Å². The predicted molar refractivity (Wildman–Crippen MR) is 76.1 cm³/mol. The van der Waals surface area contributed by atoms with Gasteiger partial charge in [-0.25, -0.2) is 0 Å². The van der Waals surface area contributed by atoms with Crippen LogP contribution in [-0.4, -0.2) is 27.2 Å². The van der Waals surface area contributed by atoms with E-state index in [1.165, 1.54) is 0 Å². The zero-order chi connectivity index (χ0) is 14.4. The number of rotatable bonds is 6. The maximum Gasteiger partial charge on any atom is 0.251 e. The Hall–Kier alpha value is -2.21. The molecule has 0 radical (unpaired) electrons. The average molecular weight is 273 g/mol. The van der Waals surface area contributed by atoms with Crippen LogP contribution in [0.25, 0.3) is 0 Å². The monoisotopic (exact) mass is 273 g/mol. The van der Waals surface area contributed by atoms with Crippen LogP contribution < -0.4 is 11.1 Å². The lowest BCUT2D eigenvalue weighted by atomic mass is 10.1. The van der Waals surface area contributed by atoms with E-state index in [0.29, 0.717) is 18.7 Å². The molecule has 0 fully saturated rings. The van der Waals surface area contributed by atoms with Crippen LogP contribution in [0.2, 0.25) is 0 Å². The summed E-state index contributed by atoms with van der Waals surface area (Å²) in [6.07, 6.45) is 2.48. The van der Waals surface area contributed by atoms with Crippen molar-refractivity contribution < 1.29 is 4.79 Å². The molecule has 1 heterocycles. The number of hydrogen-bond acceptors (Lipinski definition) is 4. The third-order valence-corrected chi connectivity index (χ3v) is 3.09. The summed E-state index contributed by atoms with van der Waals surface area (Å²) in [6.45, 7) is 3.77. The van der Waals surface area contributed by atoms with Crippen molar-refractivity contribution in [2.45, 2.75) is 26.4 Å². The quantitative estimate of drug-likeness (QED) is 0.812. The molecule has 0 unspecified atom stereocenters. The van der Waals surface area contributed by atoms with Crippen molar-refractivity contribution in [3.63, 3.8) is 0 Å². The summed E-state index contributed by atoms with van der Waals surface area (Å²) >= 11 is 0. The maximum atomic E-state index is 12.0. The zero-order valence-electron chi connectivity index (χ0n) is 11.5. The first-order valence-electron chi connectivity index (χ1n) is 6.68. The van der Waals surface area contributed by atoms with Crippen LogP contribution in [0.4, 0.5) is 0 Å². The Morgan fingerprint density at radius 1 is 1.35 bits per heavy atom. The first-order chi connectivity index (χ1) is 9.74. The summed E-state index contributed by atoms with van der Waals surface area (Å²) in [4.78, 5) is 12.0. The molecule has 2 rings (SSSR count). The number of aryl methyl sites for hydroxylation is 1. The molecule has 0 aliphatic carbocycles. The van der Waals surface area contributed by atoms with Crippen molar-refractivity contribution in [1.82, 2.24) is 20.1 Å². The van der Waals surface area contributed by atoms with Crippen molar-refractivity contribution in [1.29, 1.82) is 0 Å². The van der Waals surface area contributed by atoms with Crippen molar-refractivity contribution in [2.75, 3.05) is 6.54 Å². The molecule has 1 aromatic heterocycles. The van der Waals surface area contributed by atoms with Crippen molar-refractivity contribution in [3.8, 4) is 0 Å². The second-order valence-corrected chi connectivity index (χ2v) is 4.45. The molecule has 3 N–H and O–H groups in total. The van der Waals surface area contributed by atoms with E-state index in [1.807, 2.05) is 35.8 Å². The van der Waals surface area contributed by atoms with Gasteiger partial charge in [0, 0.05) is 12.1 Å². The fraction of sp³-hybridized carbons (Fsp3) is 0.357. The normalized spacial score (nSPS) is 10.5. The Kier molecular flexibility index (Phi) is 4.84. The summed E-state index contributed by atoms with van der Waals surface area (Å²) in [6, 6.07) is 7.47. The topological polar surface area (TPSA) is 85.8 Å². The molecule has 20 heavy (non-hydrogen) atoms. The van der Waals surface area contributed by atoms with Gasteiger partial charge in [0.05, 0.1) is 6.54 Å². The third kappa shape index (κ3) is 3.42. The Labute approximate surface area is 118 Å². The van der Waals surface area contributed by atoms with Gasteiger partial charge in [-0.15, -0.1) is 10.2 Å². The van der Waals surface area contributed by atoms with Crippen LogP contribution >= 0.6 is 0 Å². The SMILES string of the molecule is CCn1cnnc1CNC(=O)c1ccc(CCN)cc1. The van der Waals surface area contributed by atoms with Gasteiger partial charge < -0.3 is 15.6 Å². The molecule has 0 bridgehead atoms. The van der Waals surface area contributed by atoms with Gasteiger partial charge in [0.25, 0.3) is 5.91 Å². The molecule has 1 aromatic carbocycles. The number of nitrogens with one attached hydrogen (secondary N) is 1. The third-order valence-electron chi connectivity index (χ3n) is 3.09. The number of carbonyl (C=O) groups excluding carboxylic acids is 1. The van der Waals surface area contributed by atoms with Crippen molar-refractivity contribution in [3.05, 3.63) is 47.5 Å². The van der Waals surface area contributed by atoms with Crippen molar-refractivity contribution >= 4 is 5.91 Å². The summed E-state index contributed by atoms with van der Waals surface area (Å²) in [5, 5.41) is 10.6. The molecule has 6 nitrogen and oxygen atoms in total. The smallest absolute Gasteiger partial charge is 0.251 e. The fourth-order valence-corrected chi connectivity index (χ4v) is 1.93. The standard InChI is InChI=1S/C14H19N5O/c1-2-19-10-17-18-13(19)9-16-14(20)12-5-3-11(4-6-12)7-8-15/h3-6,10H,2,7-9,15H2,1H3,(H,16,20). The highest BCUT2D eigenvalue weighted by Crippen LogP contribution is 2.05. The average Bonchev–Trinajstić information content (AvgIpc) is 2.93. The van der Waals surface area contributed by atoms with E-state index in [4.69, 9.17) is 5.73 Å². The van der Waals surface area contributed by atoms with Gasteiger partial charge in [-0.1, -0.05) is 12.1 Å². The molecule has 0 aliphatic rings. The molecular formula is C14H19N5O. The van der Waals surface area contributed by atoms with E-state index >= 15 is 0 Å². The van der Waals surface area contributed by atoms with E-state index in [9.17, 15) is 4.79 Å². The number of amides is 1. The van der Waals surface area contributed by atoms with E-state index < -0.39 is 0 Å². The number of benzene rings is 1. The molecule has 0 atom stereocenters. The maximum absolute atomic E-state index is 12.0. The second-order valence-electron chi connectivity index (χ2n) is 4.45. The lowest BCUT2D eigenvalue weighted by Gasteiger charge is -2.06. The molecule has 2 aromatic rings. The van der Waals surface area contributed by atoms with Crippen LogP contribution in [0, 0.1) is 0 Å². The number of nitrogens with zero attached hydrogens (tertiary/aromatic N) is 3. The lowest BCUT2D eigenvalue weighted by Crippen LogP contribution is -2.24. The minimum Gasteiger partial charge on any atom is -0.345 e. The predicted octanol–water partition coefficient (Wildman–Crippen LogP) is 0.729. The Bertz CT molecular complexity index is 561. The summed E-state index contributed by atoms with van der Waals surface area (Å²) in [5.41, 5.74) is 7.26. The van der Waals surface area contributed by atoms with Gasteiger partial charge in [0.1, 0.15) is 6.33 Å². The minimum absolute atomic E-state index is 0.116. The number of carbonyl (C=O) groups is 1. The van der Waals surface area contributed by atoms with Gasteiger partial charge >= 0.3 is 0 Å². The molecular weight excluding hydrogens is 254 g/mol. The van der Waals surface area contributed by atoms with Gasteiger partial charge in [0.15, 0.2) is 5.82 Å². The summed E-state index contributed by atoms with van der Waals surface area (Å²) in [7, 11) is 0. The van der Waals surface area contributed by atoms with Crippen LogP contribution in [-0.2, 0) is 19.5 Å². The second kappa shape index (κ2) is 6.81. The highest BCUT2D eigenvalue weighted by molar-refractivity contribution is 5.94.